The van der Waals surface area contributed by atoms with Gasteiger partial charge in [-0.2, -0.15) is 0 Å². The van der Waals surface area contributed by atoms with Crippen molar-refractivity contribution < 1.29 is 20.1 Å². The molecule has 0 aliphatic heterocycles. The zero-order valence-electron chi connectivity index (χ0n) is 12.6. The monoisotopic (exact) mass is 295 g/mol. The van der Waals surface area contributed by atoms with Crippen molar-refractivity contribution in [3.05, 3.63) is 35.9 Å². The van der Waals surface area contributed by atoms with Crippen molar-refractivity contribution in [2.24, 2.45) is 5.41 Å². The van der Waals surface area contributed by atoms with Crippen LogP contribution in [0.15, 0.2) is 30.3 Å². The van der Waals surface area contributed by atoms with Gasteiger partial charge in [0.05, 0.1) is 12.7 Å². The summed E-state index contributed by atoms with van der Waals surface area (Å²) < 4.78 is 0. The zero-order chi connectivity index (χ0) is 15.9. The topological polar surface area (TPSA) is 89.8 Å². The van der Waals surface area contributed by atoms with Crippen LogP contribution in [0, 0.1) is 5.41 Å². The molecule has 118 valence electrons. The van der Waals surface area contributed by atoms with Crippen LogP contribution in [0.5, 0.6) is 0 Å². The van der Waals surface area contributed by atoms with Crippen LogP contribution < -0.4 is 5.32 Å². The predicted molar refractivity (Wildman–Crippen MR) is 80.7 cm³/mol. The Morgan fingerprint density at radius 1 is 1.24 bits per heavy atom. The first kappa shape index (κ1) is 17.6. The Labute approximate surface area is 125 Å². The van der Waals surface area contributed by atoms with E-state index in [0.29, 0.717) is 12.8 Å². The Morgan fingerprint density at radius 2 is 1.86 bits per heavy atom. The van der Waals surface area contributed by atoms with E-state index in [4.69, 9.17) is 5.11 Å². The molecule has 5 nitrogen and oxygen atoms in total. The van der Waals surface area contributed by atoms with Crippen molar-refractivity contribution >= 4 is 5.91 Å². The van der Waals surface area contributed by atoms with Gasteiger partial charge in [-0.15, -0.1) is 0 Å². The van der Waals surface area contributed by atoms with Crippen LogP contribution >= 0.6 is 0 Å². The summed E-state index contributed by atoms with van der Waals surface area (Å²) in [6.45, 7) is 3.23. The first-order valence-corrected chi connectivity index (χ1v) is 7.15. The molecule has 0 fully saturated rings. The van der Waals surface area contributed by atoms with Gasteiger partial charge in [0.25, 0.3) is 0 Å². The highest BCUT2D eigenvalue weighted by atomic mass is 16.3. The number of carbonyl (C=O) groups excluding carboxylic acids is 1. The Kier molecular flexibility index (Phi) is 6.81. The molecule has 0 unspecified atom stereocenters. The van der Waals surface area contributed by atoms with Crippen LogP contribution in [-0.4, -0.2) is 46.6 Å². The van der Waals surface area contributed by atoms with E-state index in [1.54, 1.807) is 13.8 Å². The summed E-state index contributed by atoms with van der Waals surface area (Å²) in [6, 6.07) is 9.62. The van der Waals surface area contributed by atoms with Crippen molar-refractivity contribution in [3.63, 3.8) is 0 Å². The summed E-state index contributed by atoms with van der Waals surface area (Å²) >= 11 is 0. The fourth-order valence-electron chi connectivity index (χ4n) is 1.89. The van der Waals surface area contributed by atoms with Crippen molar-refractivity contribution in [2.45, 2.75) is 38.9 Å². The molecule has 0 saturated carbocycles. The second kappa shape index (κ2) is 8.12. The van der Waals surface area contributed by atoms with E-state index in [9.17, 15) is 15.0 Å². The maximum Gasteiger partial charge on any atom is 0.249 e. The standard InChI is InChI=1S/C16H25NO4/c1-16(2,11-18)14(20)15(21)17-9-8-13(19)10-12-6-4-3-5-7-12/h3-7,13-14,18-20H,8-11H2,1-2H3,(H,17,21)/t13-,14+/m1/s1. The molecule has 0 aliphatic carbocycles. The van der Waals surface area contributed by atoms with Crippen LogP contribution in [0.3, 0.4) is 0 Å². The lowest BCUT2D eigenvalue weighted by Crippen LogP contribution is -2.46. The van der Waals surface area contributed by atoms with Gasteiger partial charge < -0.3 is 20.6 Å². The van der Waals surface area contributed by atoms with E-state index in [1.807, 2.05) is 30.3 Å². The molecule has 4 N–H and O–H groups in total. The molecule has 0 heterocycles. The highest BCUT2D eigenvalue weighted by Crippen LogP contribution is 2.19. The zero-order valence-corrected chi connectivity index (χ0v) is 12.6. The molecule has 2 atom stereocenters. The largest absolute Gasteiger partial charge is 0.396 e. The lowest BCUT2D eigenvalue weighted by atomic mass is 9.87. The molecule has 0 aliphatic rings. The van der Waals surface area contributed by atoms with Gasteiger partial charge in [-0.1, -0.05) is 44.2 Å². The van der Waals surface area contributed by atoms with Crippen molar-refractivity contribution in [1.82, 2.24) is 5.32 Å². The van der Waals surface area contributed by atoms with Gasteiger partial charge in [-0.25, -0.2) is 0 Å². The van der Waals surface area contributed by atoms with E-state index < -0.39 is 23.5 Å². The molecule has 0 saturated heterocycles. The third kappa shape index (κ3) is 5.83. The summed E-state index contributed by atoms with van der Waals surface area (Å²) in [5.41, 5.74) is 0.157. The van der Waals surface area contributed by atoms with E-state index in [2.05, 4.69) is 5.32 Å². The molecule has 0 bridgehead atoms. The number of carbonyl (C=O) groups is 1. The minimum atomic E-state index is -1.27. The highest BCUT2D eigenvalue weighted by Gasteiger charge is 2.32. The molecule has 1 rings (SSSR count). The maximum atomic E-state index is 11.7. The summed E-state index contributed by atoms with van der Waals surface area (Å²) in [6.07, 6.45) is -0.877. The fraction of sp³-hybridized carbons (Fsp3) is 0.562. The number of hydrogen-bond donors (Lipinski definition) is 4. The second-order valence-corrected chi connectivity index (χ2v) is 5.97. The first-order chi connectivity index (χ1) is 9.86. The number of rotatable bonds is 8. The van der Waals surface area contributed by atoms with Gasteiger partial charge >= 0.3 is 0 Å². The minimum absolute atomic E-state index is 0.280. The minimum Gasteiger partial charge on any atom is -0.396 e. The molecule has 1 aromatic rings. The molecule has 5 heteroatoms. The molecular weight excluding hydrogens is 270 g/mol. The molecule has 21 heavy (non-hydrogen) atoms. The van der Waals surface area contributed by atoms with Gasteiger partial charge in [0.15, 0.2) is 0 Å². The first-order valence-electron chi connectivity index (χ1n) is 7.15. The fourth-order valence-corrected chi connectivity index (χ4v) is 1.89. The van der Waals surface area contributed by atoms with Crippen molar-refractivity contribution in [3.8, 4) is 0 Å². The number of amides is 1. The van der Waals surface area contributed by atoms with Gasteiger partial charge in [-0.05, 0) is 18.4 Å². The van der Waals surface area contributed by atoms with Crippen molar-refractivity contribution in [1.29, 1.82) is 0 Å². The van der Waals surface area contributed by atoms with Gasteiger partial charge in [-0.3, -0.25) is 4.79 Å². The number of aliphatic hydroxyl groups is 3. The second-order valence-electron chi connectivity index (χ2n) is 5.97. The van der Waals surface area contributed by atoms with Gasteiger partial charge in [0.2, 0.25) is 5.91 Å². The average Bonchev–Trinajstić information content (AvgIpc) is 2.47. The summed E-state index contributed by atoms with van der Waals surface area (Å²) in [4.78, 5) is 11.7. The molecule has 0 spiro atoms. The van der Waals surface area contributed by atoms with Crippen LogP contribution in [0.2, 0.25) is 0 Å². The lowest BCUT2D eigenvalue weighted by molar-refractivity contribution is -0.137. The molecular formula is C16H25NO4. The Balaban J connectivity index is 2.31. The smallest absolute Gasteiger partial charge is 0.249 e. The Bertz CT molecular complexity index is 433. The third-order valence-corrected chi connectivity index (χ3v) is 3.49. The van der Waals surface area contributed by atoms with E-state index in [0.717, 1.165) is 5.56 Å². The maximum absolute atomic E-state index is 11.7. The highest BCUT2D eigenvalue weighted by molar-refractivity contribution is 5.81. The van der Waals surface area contributed by atoms with Gasteiger partial charge in [0, 0.05) is 12.0 Å². The Hall–Kier alpha value is -1.43. The lowest BCUT2D eigenvalue weighted by Gasteiger charge is -2.27. The number of nitrogens with one attached hydrogen (secondary N) is 1. The molecule has 0 radical (unpaired) electrons. The number of benzene rings is 1. The normalized spacial score (nSPS) is 14.5. The molecule has 1 amide bonds. The van der Waals surface area contributed by atoms with Crippen LogP contribution in [-0.2, 0) is 11.2 Å². The summed E-state index contributed by atoms with van der Waals surface area (Å²) in [7, 11) is 0. The quantitative estimate of drug-likeness (QED) is 0.561. The summed E-state index contributed by atoms with van der Waals surface area (Å²) in [5.74, 6) is -0.527. The summed E-state index contributed by atoms with van der Waals surface area (Å²) in [5, 5.41) is 31.4. The predicted octanol–water partition coefficient (Wildman–Crippen LogP) is 0.476. The van der Waals surface area contributed by atoms with Crippen molar-refractivity contribution in [2.75, 3.05) is 13.2 Å². The van der Waals surface area contributed by atoms with E-state index >= 15 is 0 Å². The third-order valence-electron chi connectivity index (χ3n) is 3.49. The van der Waals surface area contributed by atoms with Crippen LogP contribution in [0.1, 0.15) is 25.8 Å². The Morgan fingerprint density at radius 3 is 2.43 bits per heavy atom. The number of aliphatic hydroxyl groups excluding tert-OH is 3. The van der Waals surface area contributed by atoms with Crippen LogP contribution in [0.4, 0.5) is 0 Å². The number of hydrogen-bond acceptors (Lipinski definition) is 4. The van der Waals surface area contributed by atoms with Gasteiger partial charge in [0.1, 0.15) is 6.10 Å². The molecule has 1 aromatic carbocycles. The average molecular weight is 295 g/mol. The van der Waals surface area contributed by atoms with E-state index in [-0.39, 0.29) is 13.2 Å². The SMILES string of the molecule is CC(C)(CO)[C@@H](O)C(=O)NCC[C@@H](O)Cc1ccccc1. The molecule has 0 aromatic heterocycles. The van der Waals surface area contributed by atoms with E-state index in [1.165, 1.54) is 0 Å². The van der Waals surface area contributed by atoms with Crippen LogP contribution in [0.25, 0.3) is 0 Å².